The molecule has 0 unspecified atom stereocenters. The van der Waals surface area contributed by atoms with E-state index < -0.39 is 0 Å². The van der Waals surface area contributed by atoms with E-state index in [1.54, 1.807) is 7.11 Å². The van der Waals surface area contributed by atoms with Crippen LogP contribution in [0.4, 0.5) is 5.69 Å². The number of amides is 1. The summed E-state index contributed by atoms with van der Waals surface area (Å²) in [6.07, 6.45) is 0. The molecule has 2 aromatic carbocycles. The zero-order chi connectivity index (χ0) is 25.0. The third-order valence-corrected chi connectivity index (χ3v) is 6.65. The van der Waals surface area contributed by atoms with Crippen molar-refractivity contribution in [3.63, 3.8) is 0 Å². The molecule has 1 fully saturated rings. The minimum atomic E-state index is -0.0450. The zero-order valence-electron chi connectivity index (χ0n) is 21.6. The number of rotatable bonds is 7. The Labute approximate surface area is 209 Å². The van der Waals surface area contributed by atoms with Gasteiger partial charge in [-0.05, 0) is 57.5 Å². The molecule has 0 spiro atoms. The molecule has 1 aliphatic rings. The minimum Gasteiger partial charge on any atom is -0.495 e. The summed E-state index contributed by atoms with van der Waals surface area (Å²) < 4.78 is 11.6. The summed E-state index contributed by atoms with van der Waals surface area (Å²) >= 11 is 0. The predicted octanol–water partition coefficient (Wildman–Crippen LogP) is 5.36. The number of methoxy groups -OCH3 is 1. The Morgan fingerprint density at radius 3 is 2.29 bits per heavy atom. The van der Waals surface area contributed by atoms with Gasteiger partial charge in [-0.25, -0.2) is 0 Å². The molecule has 0 N–H and O–H groups in total. The highest BCUT2D eigenvalue weighted by atomic mass is 16.5. The lowest BCUT2D eigenvalue weighted by Crippen LogP contribution is -2.48. The maximum absolute atomic E-state index is 13.2. The quantitative estimate of drug-likeness (QED) is 0.460. The van der Waals surface area contributed by atoms with Crippen LogP contribution in [0.25, 0.3) is 0 Å². The number of aryl methyl sites for hydroxylation is 1. The molecule has 0 aliphatic carbocycles. The lowest BCUT2D eigenvalue weighted by atomic mass is 10.0. The normalized spacial score (nSPS) is 14.5. The van der Waals surface area contributed by atoms with E-state index in [0.717, 1.165) is 36.8 Å². The van der Waals surface area contributed by atoms with Crippen LogP contribution in [-0.4, -0.2) is 54.5 Å². The van der Waals surface area contributed by atoms with Crippen molar-refractivity contribution in [3.05, 3.63) is 83.3 Å². The molecule has 0 bridgehead atoms. The largest absolute Gasteiger partial charge is 0.495 e. The predicted molar refractivity (Wildman–Crippen MR) is 140 cm³/mol. The first-order valence-corrected chi connectivity index (χ1v) is 12.3. The minimum absolute atomic E-state index is 0.0447. The molecule has 0 saturated carbocycles. The second-order valence-electron chi connectivity index (χ2n) is 10.2. The highest BCUT2D eigenvalue weighted by Gasteiger charge is 2.27. The number of anilines is 1. The van der Waals surface area contributed by atoms with Gasteiger partial charge < -0.3 is 19.0 Å². The molecule has 1 saturated heterocycles. The van der Waals surface area contributed by atoms with E-state index in [4.69, 9.17) is 9.15 Å². The van der Waals surface area contributed by atoms with Gasteiger partial charge in [0.25, 0.3) is 5.91 Å². The van der Waals surface area contributed by atoms with Gasteiger partial charge in [-0.15, -0.1) is 0 Å². The van der Waals surface area contributed by atoms with Crippen LogP contribution in [0.5, 0.6) is 5.75 Å². The van der Waals surface area contributed by atoms with Crippen molar-refractivity contribution in [2.75, 3.05) is 38.2 Å². The van der Waals surface area contributed by atoms with Crippen molar-refractivity contribution in [2.24, 2.45) is 0 Å². The van der Waals surface area contributed by atoms with Crippen LogP contribution in [-0.2, 0) is 13.1 Å². The molecule has 1 aromatic heterocycles. The maximum Gasteiger partial charge on any atom is 0.289 e. The third-order valence-electron chi connectivity index (χ3n) is 6.65. The summed E-state index contributed by atoms with van der Waals surface area (Å²) in [4.78, 5) is 19.7. The van der Waals surface area contributed by atoms with Gasteiger partial charge in [-0.3, -0.25) is 9.69 Å². The van der Waals surface area contributed by atoms with E-state index in [-0.39, 0.29) is 11.4 Å². The number of ether oxygens (including phenoxy) is 1. The highest BCUT2D eigenvalue weighted by Crippen LogP contribution is 2.29. The fourth-order valence-corrected chi connectivity index (χ4v) is 4.41. The molecule has 2 heterocycles. The van der Waals surface area contributed by atoms with Crippen LogP contribution in [0.15, 0.2) is 65.1 Å². The number of piperazine rings is 1. The summed E-state index contributed by atoms with van der Waals surface area (Å²) in [6, 6.07) is 20.4. The molecule has 6 heteroatoms. The van der Waals surface area contributed by atoms with E-state index >= 15 is 0 Å². The summed E-state index contributed by atoms with van der Waals surface area (Å²) in [6.45, 7) is 13.0. The molecule has 4 rings (SSSR count). The lowest BCUT2D eigenvalue weighted by Gasteiger charge is -2.36. The number of benzene rings is 2. The first-order valence-electron chi connectivity index (χ1n) is 12.3. The number of hydrogen-bond acceptors (Lipinski definition) is 5. The Morgan fingerprint density at radius 2 is 1.63 bits per heavy atom. The maximum atomic E-state index is 13.2. The average molecular weight is 476 g/mol. The molecule has 0 radical (unpaired) electrons. The monoisotopic (exact) mass is 475 g/mol. The Hall–Kier alpha value is -3.25. The number of carbonyl (C=O) groups excluding carboxylic acids is 1. The number of furan rings is 1. The number of para-hydroxylation sites is 2. The van der Waals surface area contributed by atoms with E-state index in [0.29, 0.717) is 25.4 Å². The van der Waals surface area contributed by atoms with E-state index in [9.17, 15) is 4.79 Å². The molecule has 6 nitrogen and oxygen atoms in total. The van der Waals surface area contributed by atoms with Crippen molar-refractivity contribution in [2.45, 2.75) is 46.3 Å². The summed E-state index contributed by atoms with van der Waals surface area (Å²) in [5.74, 6) is 2.03. The molecular formula is C29H37N3O3. The SMILES string of the molecule is COc1ccccc1N1CCN(C(=O)c2ccc(CN(Cc3ccc(C)cc3)C(C)(C)C)o2)CC1. The Morgan fingerprint density at radius 1 is 0.943 bits per heavy atom. The number of carbonyl (C=O) groups is 1. The molecule has 35 heavy (non-hydrogen) atoms. The van der Waals surface area contributed by atoms with Gasteiger partial charge in [0.2, 0.25) is 0 Å². The molecule has 3 aromatic rings. The van der Waals surface area contributed by atoms with Crippen LogP contribution in [0.3, 0.4) is 0 Å². The van der Waals surface area contributed by atoms with Gasteiger partial charge in [-0.1, -0.05) is 42.0 Å². The second-order valence-corrected chi connectivity index (χ2v) is 10.2. The van der Waals surface area contributed by atoms with Crippen molar-refractivity contribution in [1.82, 2.24) is 9.80 Å². The van der Waals surface area contributed by atoms with Gasteiger partial charge >= 0.3 is 0 Å². The van der Waals surface area contributed by atoms with Crippen molar-refractivity contribution >= 4 is 11.6 Å². The summed E-state index contributed by atoms with van der Waals surface area (Å²) in [5, 5.41) is 0. The van der Waals surface area contributed by atoms with Crippen molar-refractivity contribution in [3.8, 4) is 5.75 Å². The first kappa shape index (κ1) is 24.9. The molecule has 0 atom stereocenters. The van der Waals surface area contributed by atoms with Crippen molar-refractivity contribution < 1.29 is 13.9 Å². The fraction of sp³-hybridized carbons (Fsp3) is 0.414. The van der Waals surface area contributed by atoms with E-state index in [1.165, 1.54) is 11.1 Å². The van der Waals surface area contributed by atoms with Gasteiger partial charge in [0, 0.05) is 38.3 Å². The Kier molecular flexibility index (Phi) is 7.51. The fourth-order valence-electron chi connectivity index (χ4n) is 4.41. The van der Waals surface area contributed by atoms with Gasteiger partial charge in [0.15, 0.2) is 5.76 Å². The average Bonchev–Trinajstić information content (AvgIpc) is 3.32. The summed E-state index contributed by atoms with van der Waals surface area (Å²) in [5.41, 5.74) is 3.55. The van der Waals surface area contributed by atoms with Gasteiger partial charge in [-0.2, -0.15) is 0 Å². The lowest BCUT2D eigenvalue weighted by molar-refractivity contribution is 0.0703. The number of nitrogens with zero attached hydrogens (tertiary/aromatic N) is 3. The van der Waals surface area contributed by atoms with Crippen LogP contribution >= 0.6 is 0 Å². The van der Waals surface area contributed by atoms with E-state index in [2.05, 4.69) is 67.8 Å². The van der Waals surface area contributed by atoms with Crippen LogP contribution in [0.1, 0.15) is 48.2 Å². The van der Waals surface area contributed by atoms with Crippen LogP contribution < -0.4 is 9.64 Å². The van der Waals surface area contributed by atoms with Crippen LogP contribution in [0, 0.1) is 6.92 Å². The number of hydrogen-bond donors (Lipinski definition) is 0. The van der Waals surface area contributed by atoms with Gasteiger partial charge in [0.1, 0.15) is 11.5 Å². The van der Waals surface area contributed by atoms with Crippen molar-refractivity contribution in [1.29, 1.82) is 0 Å². The standard InChI is InChI=1S/C29H37N3O3/c1-22-10-12-23(13-11-22)20-32(29(2,3)4)21-24-14-15-27(35-24)28(33)31-18-16-30(17-19-31)25-8-6-7-9-26(25)34-5/h6-15H,16-21H2,1-5H3. The Bertz CT molecular complexity index is 1120. The first-order chi connectivity index (χ1) is 16.7. The molecule has 186 valence electrons. The Balaban J connectivity index is 1.38. The molecule has 1 amide bonds. The van der Waals surface area contributed by atoms with Crippen LogP contribution in [0.2, 0.25) is 0 Å². The highest BCUT2D eigenvalue weighted by molar-refractivity contribution is 5.91. The molecule has 1 aliphatic heterocycles. The van der Waals surface area contributed by atoms with E-state index in [1.807, 2.05) is 35.2 Å². The second kappa shape index (κ2) is 10.6. The van der Waals surface area contributed by atoms with Gasteiger partial charge in [0.05, 0.1) is 19.3 Å². The molecular weight excluding hydrogens is 438 g/mol. The smallest absolute Gasteiger partial charge is 0.289 e. The zero-order valence-corrected chi connectivity index (χ0v) is 21.6. The third kappa shape index (κ3) is 6.06. The summed E-state index contributed by atoms with van der Waals surface area (Å²) in [7, 11) is 1.69. The topological polar surface area (TPSA) is 49.2 Å².